The third-order valence-electron chi connectivity index (χ3n) is 2.71. The Morgan fingerprint density at radius 1 is 1.00 bits per heavy atom. The lowest BCUT2D eigenvalue weighted by atomic mass is 10.1. The number of hydrogen-bond donors (Lipinski definition) is 3. The van der Waals surface area contributed by atoms with Crippen LogP contribution < -0.4 is 16.6 Å². The molecule has 4 N–H and O–H groups in total. The predicted octanol–water partition coefficient (Wildman–Crippen LogP) is 3.07. The lowest BCUT2D eigenvalue weighted by Gasteiger charge is -2.13. The molecule has 2 rings (SSSR count). The monoisotopic (exact) mass is 411 g/mol. The van der Waals surface area contributed by atoms with Crippen molar-refractivity contribution in [2.75, 3.05) is 5.32 Å². The predicted molar refractivity (Wildman–Crippen MR) is 87.9 cm³/mol. The van der Waals surface area contributed by atoms with E-state index in [9.17, 15) is 9.59 Å². The summed E-state index contributed by atoms with van der Waals surface area (Å²) in [5.74, 6) is 4.36. The number of amides is 2. The third kappa shape index (κ3) is 3.69. The number of carbonyl (C=O) groups is 2. The van der Waals surface area contributed by atoms with Gasteiger partial charge in [0.1, 0.15) is 0 Å². The Labute approximate surface area is 138 Å². The minimum Gasteiger partial charge on any atom is -0.320 e. The summed E-state index contributed by atoms with van der Waals surface area (Å²) in [5.41, 5.74) is 3.16. The van der Waals surface area contributed by atoms with Gasteiger partial charge in [-0.2, -0.15) is 0 Å². The van der Waals surface area contributed by atoms with Crippen LogP contribution in [-0.4, -0.2) is 11.8 Å². The summed E-state index contributed by atoms with van der Waals surface area (Å²) in [4.78, 5) is 24.0. The van der Waals surface area contributed by atoms with E-state index < -0.39 is 5.91 Å². The molecule has 0 fully saturated rings. The minimum absolute atomic E-state index is 0.253. The van der Waals surface area contributed by atoms with Crippen molar-refractivity contribution in [3.63, 3.8) is 0 Å². The fourth-order valence-electron chi connectivity index (χ4n) is 1.73. The molecule has 5 nitrogen and oxygen atoms in total. The van der Waals surface area contributed by atoms with Crippen LogP contribution in [0.4, 0.5) is 5.69 Å². The van der Waals surface area contributed by atoms with Gasteiger partial charge < -0.3 is 5.32 Å². The highest BCUT2D eigenvalue weighted by molar-refractivity contribution is 9.11. The molecule has 0 bridgehead atoms. The van der Waals surface area contributed by atoms with E-state index in [2.05, 4.69) is 42.6 Å². The van der Waals surface area contributed by atoms with Gasteiger partial charge in [0.15, 0.2) is 0 Å². The standard InChI is InChI=1S/C14H11Br2N3O2/c15-9-6-10(14(21)19-17)12(11(16)7-9)18-13(20)8-4-2-1-3-5-8/h1-7H,17H2,(H,18,20)(H,19,21). The number of hydrazine groups is 1. The molecule has 108 valence electrons. The maximum atomic E-state index is 12.2. The number of anilines is 1. The Kier molecular flexibility index (Phi) is 5.11. The van der Waals surface area contributed by atoms with E-state index in [1.807, 2.05) is 6.07 Å². The molecule has 21 heavy (non-hydrogen) atoms. The molecule has 2 amide bonds. The lowest BCUT2D eigenvalue weighted by molar-refractivity contribution is 0.0954. The molecule has 0 aromatic heterocycles. The molecule has 0 heterocycles. The first-order valence-electron chi connectivity index (χ1n) is 5.89. The molecule has 7 heteroatoms. The van der Waals surface area contributed by atoms with Crippen molar-refractivity contribution in [2.24, 2.45) is 5.84 Å². The van der Waals surface area contributed by atoms with Crippen molar-refractivity contribution in [1.82, 2.24) is 5.43 Å². The van der Waals surface area contributed by atoms with Gasteiger partial charge >= 0.3 is 0 Å². The van der Waals surface area contributed by atoms with E-state index in [0.717, 1.165) is 0 Å². The van der Waals surface area contributed by atoms with Gasteiger partial charge in [-0.15, -0.1) is 0 Å². The van der Waals surface area contributed by atoms with E-state index >= 15 is 0 Å². The zero-order valence-corrected chi connectivity index (χ0v) is 13.9. The van der Waals surface area contributed by atoms with Crippen LogP contribution in [0.1, 0.15) is 20.7 Å². The Morgan fingerprint density at radius 3 is 2.29 bits per heavy atom. The van der Waals surface area contributed by atoms with Crippen molar-refractivity contribution >= 4 is 49.4 Å². The van der Waals surface area contributed by atoms with E-state index in [-0.39, 0.29) is 11.5 Å². The molecule has 0 unspecified atom stereocenters. The molecule has 0 radical (unpaired) electrons. The number of halogens is 2. The van der Waals surface area contributed by atoms with Crippen LogP contribution in [0.25, 0.3) is 0 Å². The van der Waals surface area contributed by atoms with Crippen molar-refractivity contribution < 1.29 is 9.59 Å². The molecule has 2 aromatic carbocycles. The zero-order chi connectivity index (χ0) is 15.4. The highest BCUT2D eigenvalue weighted by Crippen LogP contribution is 2.31. The van der Waals surface area contributed by atoms with Gasteiger partial charge in [0.05, 0.1) is 11.3 Å². The van der Waals surface area contributed by atoms with Crippen LogP contribution >= 0.6 is 31.9 Å². The van der Waals surface area contributed by atoms with Gasteiger partial charge in [-0.25, -0.2) is 5.84 Å². The average molecular weight is 413 g/mol. The summed E-state index contributed by atoms with van der Waals surface area (Å²) in [6.07, 6.45) is 0. The molecule has 0 aliphatic rings. The largest absolute Gasteiger partial charge is 0.320 e. The highest BCUT2D eigenvalue weighted by atomic mass is 79.9. The number of hydrogen-bond acceptors (Lipinski definition) is 3. The number of carbonyl (C=O) groups excluding carboxylic acids is 2. The first-order chi connectivity index (χ1) is 10.0. The minimum atomic E-state index is -0.500. The van der Waals surface area contributed by atoms with Crippen molar-refractivity contribution in [1.29, 1.82) is 0 Å². The zero-order valence-electron chi connectivity index (χ0n) is 10.7. The van der Waals surface area contributed by atoms with Crippen LogP contribution in [0, 0.1) is 0 Å². The van der Waals surface area contributed by atoms with E-state index in [4.69, 9.17) is 5.84 Å². The quantitative estimate of drug-likeness (QED) is 0.411. The van der Waals surface area contributed by atoms with Gasteiger partial charge in [0, 0.05) is 14.5 Å². The smallest absolute Gasteiger partial charge is 0.267 e. The second-order valence-electron chi connectivity index (χ2n) is 4.10. The summed E-state index contributed by atoms with van der Waals surface area (Å²) in [6, 6.07) is 12.0. The molecule has 0 spiro atoms. The van der Waals surface area contributed by atoms with E-state index in [1.54, 1.807) is 36.4 Å². The van der Waals surface area contributed by atoms with Crippen LogP contribution in [0.5, 0.6) is 0 Å². The van der Waals surface area contributed by atoms with Gasteiger partial charge in [-0.1, -0.05) is 34.1 Å². The Balaban J connectivity index is 2.40. The molecular formula is C14H11Br2N3O2. The summed E-state index contributed by atoms with van der Waals surface area (Å²) < 4.78 is 1.26. The van der Waals surface area contributed by atoms with Crippen molar-refractivity contribution in [3.8, 4) is 0 Å². The number of nitrogen functional groups attached to an aromatic ring is 1. The van der Waals surface area contributed by atoms with Crippen LogP contribution in [0.2, 0.25) is 0 Å². The highest BCUT2D eigenvalue weighted by Gasteiger charge is 2.17. The van der Waals surface area contributed by atoms with Crippen LogP contribution in [0.15, 0.2) is 51.4 Å². The van der Waals surface area contributed by atoms with Gasteiger partial charge in [0.25, 0.3) is 11.8 Å². The van der Waals surface area contributed by atoms with Crippen molar-refractivity contribution in [2.45, 2.75) is 0 Å². The summed E-state index contributed by atoms with van der Waals surface area (Å²) >= 11 is 6.62. The molecule has 0 saturated heterocycles. The molecule has 0 aliphatic heterocycles. The second-order valence-corrected chi connectivity index (χ2v) is 5.87. The topological polar surface area (TPSA) is 84.2 Å². The molecule has 0 atom stereocenters. The third-order valence-corrected chi connectivity index (χ3v) is 3.79. The van der Waals surface area contributed by atoms with Crippen LogP contribution in [0.3, 0.4) is 0 Å². The lowest BCUT2D eigenvalue weighted by Crippen LogP contribution is -2.31. The fourth-order valence-corrected chi connectivity index (χ4v) is 3.06. The van der Waals surface area contributed by atoms with E-state index in [0.29, 0.717) is 20.2 Å². The SMILES string of the molecule is NNC(=O)c1cc(Br)cc(Br)c1NC(=O)c1ccccc1. The molecule has 2 aromatic rings. The Hall–Kier alpha value is -1.70. The first kappa shape index (κ1) is 15.7. The number of rotatable bonds is 3. The Morgan fingerprint density at radius 2 is 1.67 bits per heavy atom. The molecule has 0 aliphatic carbocycles. The van der Waals surface area contributed by atoms with Gasteiger partial charge in [-0.05, 0) is 40.2 Å². The van der Waals surface area contributed by atoms with Crippen LogP contribution in [-0.2, 0) is 0 Å². The molecule has 0 saturated carbocycles. The second kappa shape index (κ2) is 6.84. The fraction of sp³-hybridized carbons (Fsp3) is 0. The normalized spacial score (nSPS) is 10.0. The summed E-state index contributed by atoms with van der Waals surface area (Å²) in [7, 11) is 0. The molecular weight excluding hydrogens is 402 g/mol. The average Bonchev–Trinajstić information content (AvgIpc) is 2.49. The van der Waals surface area contributed by atoms with E-state index in [1.165, 1.54) is 0 Å². The Bertz CT molecular complexity index is 690. The van der Waals surface area contributed by atoms with Gasteiger partial charge in [-0.3, -0.25) is 15.0 Å². The van der Waals surface area contributed by atoms with Crippen molar-refractivity contribution in [3.05, 3.63) is 62.5 Å². The maximum Gasteiger partial charge on any atom is 0.267 e. The number of nitrogens with two attached hydrogens (primary N) is 1. The maximum absolute atomic E-state index is 12.2. The summed E-state index contributed by atoms with van der Waals surface area (Å²) in [6.45, 7) is 0. The first-order valence-corrected chi connectivity index (χ1v) is 7.48. The number of nitrogens with one attached hydrogen (secondary N) is 2. The summed E-state index contributed by atoms with van der Waals surface area (Å²) in [5, 5.41) is 2.71. The number of benzene rings is 2. The van der Waals surface area contributed by atoms with Gasteiger partial charge in [0.2, 0.25) is 0 Å².